The van der Waals surface area contributed by atoms with E-state index in [1.54, 1.807) is 35.9 Å². The first-order valence-electron chi connectivity index (χ1n) is 27.9. The third-order valence-corrected chi connectivity index (χ3v) is 16.2. The van der Waals surface area contributed by atoms with Crippen molar-refractivity contribution in [3.05, 3.63) is 139 Å². The van der Waals surface area contributed by atoms with Gasteiger partial charge >= 0.3 is 7.12 Å². The van der Waals surface area contributed by atoms with Crippen molar-refractivity contribution in [2.75, 3.05) is 86.9 Å². The fourth-order valence-corrected chi connectivity index (χ4v) is 10.7. The third kappa shape index (κ3) is 11.9. The number of hydrogen-bond donors (Lipinski definition) is 2. The quantitative estimate of drug-likeness (QED) is 0.123. The Balaban J connectivity index is 0.000000139. The first kappa shape index (κ1) is 55.9. The van der Waals surface area contributed by atoms with Gasteiger partial charge in [0.15, 0.2) is 11.6 Å². The van der Waals surface area contributed by atoms with Crippen LogP contribution in [0.2, 0.25) is 5.02 Å². The molecule has 3 saturated heterocycles. The second-order valence-electron chi connectivity index (χ2n) is 22.4. The van der Waals surface area contributed by atoms with Gasteiger partial charge in [-0.3, -0.25) is 19.3 Å². The highest BCUT2D eigenvalue weighted by molar-refractivity contribution is 6.62. The third-order valence-electron chi connectivity index (χ3n) is 15.9. The van der Waals surface area contributed by atoms with Crippen LogP contribution in [0.3, 0.4) is 0 Å². The van der Waals surface area contributed by atoms with Gasteiger partial charge in [-0.1, -0.05) is 41.9 Å². The highest BCUT2D eigenvalue weighted by atomic mass is 35.5. The Bertz CT molecular complexity index is 3850. The molecule has 82 heavy (non-hydrogen) atoms. The zero-order valence-corrected chi connectivity index (χ0v) is 49.0. The SMILES string of the molecule is C[C@H](Nc1ncnc2cccnc12)c1cc2cccc(-c3cnn(C)c3)c2c(N2CCN(C)CC2)n1.C[C@H](Nc1ncnc2cccnc12)c1cc2cccc(Cl)c2c(N2CCN(C)CC2)n1.Cn1cc(B2OC(C)(C)C(C)(C)O2)cn1. The van der Waals surface area contributed by atoms with Gasteiger partial charge in [0.05, 0.1) is 56.9 Å². The maximum Gasteiger partial charge on any atom is 0.498 e. The lowest BCUT2D eigenvalue weighted by Gasteiger charge is -2.34. The van der Waals surface area contributed by atoms with E-state index in [1.165, 1.54) is 5.39 Å². The van der Waals surface area contributed by atoms with Crippen LogP contribution < -0.4 is 25.9 Å². The molecule has 0 amide bonds. The number of hydrogen-bond acceptors (Lipinski definition) is 18. The standard InChI is InChI=1S/C27H29N9.C23H24ClN7.C10H17BN2O2/c1-18(32-26-25-22(29-17-30-26)8-5-9-28-25)23-14-19-6-4-7-21(20-15-31-35(3)16-20)24(19)27(33-23)36-12-10-34(2)11-13-36;1-15(28-22-21-18(26-14-27-22)7-4-8-25-21)19-13-16-5-3-6-17(24)20(16)23(29-19)31-11-9-30(2)10-12-31;1-9(2)10(3,4)15-11(14-9)8-6-12-13(5)7-8/h4-9,14-18H,10-13H2,1-3H3,(H,29,30,32);3-8,13-15H,9-12H2,1-2H3,(H,26,27,28);6-7H,1-5H3/t18-;15-;/m00./s1. The number of rotatable bonds is 10. The Hall–Kier alpha value is -7.95. The molecule has 0 unspecified atom stereocenters. The van der Waals surface area contributed by atoms with E-state index in [0.29, 0.717) is 11.6 Å². The van der Waals surface area contributed by atoms with Crippen LogP contribution in [0.25, 0.3) is 54.7 Å². The highest BCUT2D eigenvalue weighted by Crippen LogP contribution is 2.39. The molecule has 11 heterocycles. The maximum absolute atomic E-state index is 6.62. The van der Waals surface area contributed by atoms with Crippen molar-refractivity contribution >= 4 is 91.1 Å². The molecule has 0 bridgehead atoms. The molecule has 0 spiro atoms. The maximum atomic E-state index is 6.62. The van der Waals surface area contributed by atoms with Crippen LogP contribution in [0, 0.1) is 0 Å². The number of halogens is 1. The Morgan fingerprint density at radius 3 is 1.55 bits per heavy atom. The number of aromatic nitrogens is 12. The molecule has 3 fully saturated rings. The minimum Gasteiger partial charge on any atom is -0.399 e. The normalized spacial score (nSPS) is 17.1. The number of aryl methyl sites for hydroxylation is 2. The molecule has 8 aromatic heterocycles. The number of pyridine rings is 4. The second-order valence-corrected chi connectivity index (χ2v) is 22.8. The number of nitrogens with zero attached hydrogens (tertiary/aromatic N) is 16. The Kier molecular flexibility index (Phi) is 16.0. The van der Waals surface area contributed by atoms with Crippen molar-refractivity contribution in [2.24, 2.45) is 14.1 Å². The van der Waals surface area contributed by atoms with E-state index in [4.69, 9.17) is 30.9 Å². The first-order chi connectivity index (χ1) is 39.5. The number of nitrogens with one attached hydrogen (secondary N) is 2. The van der Waals surface area contributed by atoms with Gasteiger partial charge in [0.25, 0.3) is 0 Å². The fraction of sp³-hybridized carbons (Fsp3) is 0.367. The van der Waals surface area contributed by atoms with Crippen LogP contribution in [0.1, 0.15) is 65.0 Å². The fourth-order valence-electron chi connectivity index (χ4n) is 10.4. The summed E-state index contributed by atoms with van der Waals surface area (Å²) in [5.41, 5.74) is 7.67. The molecular formula is C60H70BClN18O2. The van der Waals surface area contributed by atoms with Crippen molar-refractivity contribution < 1.29 is 9.31 Å². The second kappa shape index (κ2) is 23.5. The van der Waals surface area contributed by atoms with Crippen molar-refractivity contribution in [1.29, 1.82) is 0 Å². The summed E-state index contributed by atoms with van der Waals surface area (Å²) < 4.78 is 15.4. The average Bonchev–Trinajstić information content (AvgIpc) is 4.31. The van der Waals surface area contributed by atoms with Gasteiger partial charge in [-0.15, -0.1) is 0 Å². The number of piperazine rings is 2. The summed E-state index contributed by atoms with van der Waals surface area (Å²) in [4.78, 5) is 46.3. The van der Waals surface area contributed by atoms with Crippen LogP contribution in [0.4, 0.5) is 23.3 Å². The smallest absolute Gasteiger partial charge is 0.399 e. The number of anilines is 4. The van der Waals surface area contributed by atoms with Gasteiger partial charge in [-0.2, -0.15) is 10.2 Å². The molecule has 20 nitrogen and oxygen atoms in total. The summed E-state index contributed by atoms with van der Waals surface area (Å²) >= 11 is 6.62. The topological polar surface area (TPSA) is 194 Å². The predicted molar refractivity (Wildman–Crippen MR) is 328 cm³/mol. The van der Waals surface area contributed by atoms with E-state index in [-0.39, 0.29) is 30.4 Å². The Labute approximate surface area is 483 Å². The van der Waals surface area contributed by atoms with E-state index in [1.807, 2.05) is 95.3 Å². The number of fused-ring (bicyclic) bond motifs is 4. The van der Waals surface area contributed by atoms with Crippen LogP contribution in [0.5, 0.6) is 0 Å². The lowest BCUT2D eigenvalue weighted by Crippen LogP contribution is -2.45. The first-order valence-corrected chi connectivity index (χ1v) is 28.2. The molecule has 10 aromatic rings. The minimum absolute atomic E-state index is 0.0744. The van der Waals surface area contributed by atoms with Gasteiger partial charge in [0.2, 0.25) is 0 Å². The molecule has 3 aliphatic heterocycles. The van der Waals surface area contributed by atoms with Crippen molar-refractivity contribution in [2.45, 2.75) is 64.8 Å². The summed E-state index contributed by atoms with van der Waals surface area (Å²) in [7, 11) is 7.86. The van der Waals surface area contributed by atoms with E-state index < -0.39 is 0 Å². The molecule has 2 N–H and O–H groups in total. The van der Waals surface area contributed by atoms with Crippen LogP contribution in [0.15, 0.2) is 123 Å². The summed E-state index contributed by atoms with van der Waals surface area (Å²) in [5.74, 6) is 3.38. The molecule has 13 rings (SSSR count). The molecule has 3 aliphatic rings. The average molecular weight is 1120 g/mol. The minimum atomic E-state index is -0.302. The molecule has 2 aromatic carbocycles. The lowest BCUT2D eigenvalue weighted by atomic mass is 9.82. The molecule has 0 saturated carbocycles. The highest BCUT2D eigenvalue weighted by Gasteiger charge is 2.52. The van der Waals surface area contributed by atoms with Crippen LogP contribution in [-0.2, 0) is 23.4 Å². The van der Waals surface area contributed by atoms with Crippen molar-refractivity contribution in [1.82, 2.24) is 69.2 Å². The van der Waals surface area contributed by atoms with Crippen molar-refractivity contribution in [3.8, 4) is 11.1 Å². The van der Waals surface area contributed by atoms with Crippen LogP contribution in [-0.4, -0.2) is 154 Å². The Morgan fingerprint density at radius 1 is 0.561 bits per heavy atom. The monoisotopic (exact) mass is 1120 g/mol. The van der Waals surface area contributed by atoms with E-state index >= 15 is 0 Å². The van der Waals surface area contributed by atoms with Crippen molar-refractivity contribution in [3.63, 3.8) is 0 Å². The van der Waals surface area contributed by atoms with Gasteiger partial charge in [0, 0.05) is 119 Å². The number of benzene rings is 2. The summed E-state index contributed by atoms with van der Waals surface area (Å²) in [6.07, 6.45) is 14.3. The summed E-state index contributed by atoms with van der Waals surface area (Å²) in [5, 5.41) is 20.7. The zero-order valence-electron chi connectivity index (χ0n) is 48.3. The summed E-state index contributed by atoms with van der Waals surface area (Å²) in [6.45, 7) is 20.1. The van der Waals surface area contributed by atoms with Crippen LogP contribution >= 0.6 is 11.6 Å². The molecule has 0 aliphatic carbocycles. The molecule has 422 valence electrons. The lowest BCUT2D eigenvalue weighted by molar-refractivity contribution is 0.00578. The Morgan fingerprint density at radius 2 is 1.05 bits per heavy atom. The van der Waals surface area contributed by atoms with Gasteiger partial charge in [0.1, 0.15) is 35.3 Å². The molecular weight excluding hydrogens is 1050 g/mol. The van der Waals surface area contributed by atoms with Gasteiger partial charge in [-0.05, 0) is 114 Å². The van der Waals surface area contributed by atoms with Gasteiger partial charge < -0.3 is 39.5 Å². The molecule has 0 radical (unpaired) electrons. The molecule has 2 atom stereocenters. The van der Waals surface area contributed by atoms with E-state index in [0.717, 1.165) is 135 Å². The predicted octanol–water partition coefficient (Wildman–Crippen LogP) is 8.77. The van der Waals surface area contributed by atoms with E-state index in [9.17, 15) is 0 Å². The van der Waals surface area contributed by atoms with E-state index in [2.05, 4.69) is 141 Å². The summed E-state index contributed by atoms with van der Waals surface area (Å²) in [6, 6.07) is 24.2. The number of likely N-dealkylation sites (N-methyl/N-ethyl adjacent to an activating group) is 2. The zero-order chi connectivity index (χ0) is 57.3. The molecule has 22 heteroatoms. The largest absolute Gasteiger partial charge is 0.498 e. The van der Waals surface area contributed by atoms with Gasteiger partial charge in [-0.25, -0.2) is 29.9 Å².